The molecule has 2 atom stereocenters. The zero-order chi connectivity index (χ0) is 17.6. The Morgan fingerprint density at radius 1 is 1.24 bits per heavy atom. The van der Waals surface area contributed by atoms with Gasteiger partial charge in [-0.1, -0.05) is 0 Å². The van der Waals surface area contributed by atoms with Crippen molar-refractivity contribution in [2.24, 2.45) is 0 Å². The van der Waals surface area contributed by atoms with Crippen molar-refractivity contribution in [3.8, 4) is 5.75 Å². The average molecular weight is 347 g/mol. The maximum atomic E-state index is 12.2. The minimum atomic E-state index is -0.0779. The minimum Gasteiger partial charge on any atom is -0.497 e. The van der Waals surface area contributed by atoms with Gasteiger partial charge in [-0.15, -0.1) is 0 Å². The summed E-state index contributed by atoms with van der Waals surface area (Å²) in [5.41, 5.74) is 1.20. The van der Waals surface area contributed by atoms with Crippen LogP contribution in [0.3, 0.4) is 0 Å². The summed E-state index contributed by atoms with van der Waals surface area (Å²) >= 11 is 0. The van der Waals surface area contributed by atoms with Crippen molar-refractivity contribution in [1.29, 1.82) is 0 Å². The maximum absolute atomic E-state index is 12.2. The maximum Gasteiger partial charge on any atom is 0.315 e. The van der Waals surface area contributed by atoms with E-state index < -0.39 is 0 Å². The highest BCUT2D eigenvalue weighted by Gasteiger charge is 2.25. The zero-order valence-corrected chi connectivity index (χ0v) is 15.2. The Hall–Kier alpha value is -1.95. The fourth-order valence-corrected chi connectivity index (χ4v) is 3.60. The monoisotopic (exact) mass is 347 g/mol. The van der Waals surface area contributed by atoms with E-state index in [-0.39, 0.29) is 24.2 Å². The van der Waals surface area contributed by atoms with E-state index in [2.05, 4.69) is 27.7 Å². The van der Waals surface area contributed by atoms with Gasteiger partial charge in [-0.3, -0.25) is 0 Å². The zero-order valence-electron chi connectivity index (χ0n) is 15.2. The molecule has 0 aliphatic carbocycles. The molecule has 25 heavy (non-hydrogen) atoms. The summed E-state index contributed by atoms with van der Waals surface area (Å²) in [6, 6.07) is 8.35. The summed E-state index contributed by atoms with van der Waals surface area (Å²) in [6.07, 6.45) is 4.17. The highest BCUT2D eigenvalue weighted by atomic mass is 16.5. The normalized spacial score (nSPS) is 22.5. The number of carbonyl (C=O) groups excluding carboxylic acids is 1. The molecule has 3 rings (SSSR count). The Bertz CT molecular complexity index is 550. The number of urea groups is 1. The second kappa shape index (κ2) is 8.43. The van der Waals surface area contributed by atoms with Gasteiger partial charge >= 0.3 is 6.03 Å². The molecule has 0 saturated carbocycles. The van der Waals surface area contributed by atoms with Gasteiger partial charge < -0.3 is 25.0 Å². The molecule has 0 aromatic heterocycles. The topological polar surface area (TPSA) is 62.8 Å². The van der Waals surface area contributed by atoms with Crippen molar-refractivity contribution in [3.05, 3.63) is 24.3 Å². The summed E-state index contributed by atoms with van der Waals surface area (Å²) in [4.78, 5) is 14.5. The number of anilines is 1. The quantitative estimate of drug-likeness (QED) is 0.859. The number of hydrogen-bond donors (Lipinski definition) is 2. The fraction of sp³-hybridized carbons (Fsp3) is 0.632. The van der Waals surface area contributed by atoms with Gasteiger partial charge in [0.05, 0.1) is 19.3 Å². The Kier molecular flexibility index (Phi) is 6.02. The molecular formula is C19H29N3O3. The predicted octanol–water partition coefficient (Wildman–Crippen LogP) is 2.53. The summed E-state index contributed by atoms with van der Waals surface area (Å²) in [7, 11) is 1.68. The van der Waals surface area contributed by atoms with E-state index >= 15 is 0 Å². The second-order valence-corrected chi connectivity index (χ2v) is 6.92. The number of benzene rings is 1. The average Bonchev–Trinajstić information content (AvgIpc) is 3.17. The van der Waals surface area contributed by atoms with Crippen molar-refractivity contribution < 1.29 is 14.3 Å². The van der Waals surface area contributed by atoms with Crippen molar-refractivity contribution in [1.82, 2.24) is 10.6 Å². The number of hydrogen-bond acceptors (Lipinski definition) is 4. The lowest BCUT2D eigenvalue weighted by molar-refractivity contribution is 0.0858. The molecule has 2 heterocycles. The molecule has 2 N–H and O–H groups in total. The summed E-state index contributed by atoms with van der Waals surface area (Å²) in [5, 5.41) is 6.13. The SMILES string of the molecule is COc1ccc(N2CCC(NC(=O)N[C@H](C)[C@H]3CCCO3)CC2)cc1. The molecule has 2 aliphatic heterocycles. The first kappa shape index (κ1) is 17.9. The predicted molar refractivity (Wildman–Crippen MR) is 98.3 cm³/mol. The van der Waals surface area contributed by atoms with E-state index in [1.165, 1.54) is 5.69 Å². The first-order valence-corrected chi connectivity index (χ1v) is 9.23. The van der Waals surface area contributed by atoms with Gasteiger partial charge in [-0.25, -0.2) is 4.79 Å². The van der Waals surface area contributed by atoms with E-state index in [9.17, 15) is 4.79 Å². The van der Waals surface area contributed by atoms with E-state index in [1.807, 2.05) is 19.1 Å². The molecule has 6 heteroatoms. The van der Waals surface area contributed by atoms with Crippen LogP contribution in [-0.2, 0) is 4.74 Å². The largest absolute Gasteiger partial charge is 0.497 e. The number of piperidine rings is 1. The van der Waals surface area contributed by atoms with Gasteiger partial charge in [0.15, 0.2) is 0 Å². The Morgan fingerprint density at radius 3 is 2.56 bits per heavy atom. The summed E-state index contributed by atoms with van der Waals surface area (Å²) < 4.78 is 10.8. The van der Waals surface area contributed by atoms with Gasteiger partial charge in [0, 0.05) is 31.4 Å². The highest BCUT2D eigenvalue weighted by molar-refractivity contribution is 5.74. The number of nitrogens with one attached hydrogen (secondary N) is 2. The molecular weight excluding hydrogens is 318 g/mol. The third kappa shape index (κ3) is 4.78. The van der Waals surface area contributed by atoms with Crippen LogP contribution < -0.4 is 20.3 Å². The van der Waals surface area contributed by atoms with E-state index in [1.54, 1.807) is 7.11 Å². The number of rotatable bonds is 5. The Morgan fingerprint density at radius 2 is 1.96 bits per heavy atom. The molecule has 0 unspecified atom stereocenters. The Balaban J connectivity index is 1.41. The molecule has 2 amide bonds. The van der Waals surface area contributed by atoms with Crippen LogP contribution in [0.15, 0.2) is 24.3 Å². The Labute approximate surface area is 149 Å². The van der Waals surface area contributed by atoms with Crippen LogP contribution in [0.4, 0.5) is 10.5 Å². The molecule has 2 fully saturated rings. The molecule has 0 bridgehead atoms. The van der Waals surface area contributed by atoms with Crippen LogP contribution in [0, 0.1) is 0 Å². The minimum absolute atomic E-state index is 0.0573. The van der Waals surface area contributed by atoms with E-state index in [4.69, 9.17) is 9.47 Å². The van der Waals surface area contributed by atoms with Gasteiger partial charge in [-0.05, 0) is 56.9 Å². The van der Waals surface area contributed by atoms with Crippen molar-refractivity contribution >= 4 is 11.7 Å². The van der Waals surface area contributed by atoms with Gasteiger partial charge in [0.25, 0.3) is 0 Å². The number of carbonyl (C=O) groups is 1. The first-order chi connectivity index (χ1) is 12.2. The lowest BCUT2D eigenvalue weighted by Crippen LogP contribution is -2.51. The van der Waals surface area contributed by atoms with Crippen molar-refractivity contribution in [3.63, 3.8) is 0 Å². The number of amides is 2. The van der Waals surface area contributed by atoms with Crippen LogP contribution in [0.2, 0.25) is 0 Å². The summed E-state index contributed by atoms with van der Waals surface area (Å²) in [5.74, 6) is 0.873. The van der Waals surface area contributed by atoms with Crippen LogP contribution in [0.5, 0.6) is 5.75 Å². The van der Waals surface area contributed by atoms with Crippen molar-refractivity contribution in [2.45, 2.75) is 50.8 Å². The molecule has 2 saturated heterocycles. The van der Waals surface area contributed by atoms with Crippen LogP contribution in [-0.4, -0.2) is 51.0 Å². The van der Waals surface area contributed by atoms with Crippen molar-refractivity contribution in [2.75, 3.05) is 31.7 Å². The third-order valence-electron chi connectivity index (χ3n) is 5.15. The van der Waals surface area contributed by atoms with Crippen LogP contribution >= 0.6 is 0 Å². The number of nitrogens with zero attached hydrogens (tertiary/aromatic N) is 1. The number of methoxy groups -OCH3 is 1. The fourth-order valence-electron chi connectivity index (χ4n) is 3.60. The lowest BCUT2D eigenvalue weighted by atomic mass is 10.0. The number of ether oxygens (including phenoxy) is 2. The molecule has 1 aromatic carbocycles. The highest BCUT2D eigenvalue weighted by Crippen LogP contribution is 2.23. The van der Waals surface area contributed by atoms with Crippen LogP contribution in [0.25, 0.3) is 0 Å². The van der Waals surface area contributed by atoms with Gasteiger partial charge in [-0.2, -0.15) is 0 Å². The van der Waals surface area contributed by atoms with E-state index in [0.717, 1.165) is 51.1 Å². The van der Waals surface area contributed by atoms with E-state index in [0.29, 0.717) is 0 Å². The summed E-state index contributed by atoms with van der Waals surface area (Å²) in [6.45, 7) is 4.71. The third-order valence-corrected chi connectivity index (χ3v) is 5.15. The molecule has 6 nitrogen and oxygen atoms in total. The molecule has 138 valence electrons. The smallest absolute Gasteiger partial charge is 0.315 e. The van der Waals surface area contributed by atoms with Crippen LogP contribution in [0.1, 0.15) is 32.6 Å². The van der Waals surface area contributed by atoms with Gasteiger partial charge in [0.2, 0.25) is 0 Å². The molecule has 0 radical (unpaired) electrons. The molecule has 1 aromatic rings. The second-order valence-electron chi connectivity index (χ2n) is 6.92. The van der Waals surface area contributed by atoms with Gasteiger partial charge in [0.1, 0.15) is 5.75 Å². The molecule has 2 aliphatic rings. The standard InChI is InChI=1S/C19H29N3O3/c1-14(18-4-3-13-25-18)20-19(23)21-15-9-11-22(12-10-15)16-5-7-17(24-2)8-6-16/h5-8,14-15,18H,3-4,9-13H2,1-2H3,(H2,20,21,23)/t14-,18-/m1/s1. The lowest BCUT2D eigenvalue weighted by Gasteiger charge is -2.34. The molecule has 0 spiro atoms. The first-order valence-electron chi connectivity index (χ1n) is 9.23.